The highest BCUT2D eigenvalue weighted by Crippen LogP contribution is 2.21. The molecule has 2 rings (SSSR count). The lowest BCUT2D eigenvalue weighted by atomic mass is 10.1. The normalized spacial score (nSPS) is 10.4. The minimum absolute atomic E-state index is 0.328. The molecule has 0 spiro atoms. The Balaban J connectivity index is 1.67. The molecule has 2 aromatic rings. The lowest BCUT2D eigenvalue weighted by Gasteiger charge is -2.03. The molecule has 104 valence electrons. The number of thioether (sulfide) groups is 1. The van der Waals surface area contributed by atoms with Crippen LogP contribution >= 0.6 is 27.7 Å². The minimum atomic E-state index is 0.328. The lowest BCUT2D eigenvalue weighted by Crippen LogP contribution is -2.02. The molecule has 0 fully saturated rings. The quantitative estimate of drug-likeness (QED) is 0.645. The molecule has 1 nitrogen and oxygen atoms in total. The van der Waals surface area contributed by atoms with Crippen LogP contribution < -0.4 is 0 Å². The van der Waals surface area contributed by atoms with E-state index in [4.69, 9.17) is 0 Å². The van der Waals surface area contributed by atoms with Crippen LogP contribution in [0.4, 0.5) is 0 Å². The third-order valence-electron chi connectivity index (χ3n) is 2.98. The Kier molecular flexibility index (Phi) is 6.34. The molecular formula is C17H17BrOS. The number of benzene rings is 2. The van der Waals surface area contributed by atoms with E-state index >= 15 is 0 Å². The van der Waals surface area contributed by atoms with Crippen molar-refractivity contribution < 1.29 is 4.79 Å². The number of hydrogen-bond donors (Lipinski definition) is 0. The predicted octanol–water partition coefficient (Wildman–Crippen LogP) is 5.13. The van der Waals surface area contributed by atoms with Crippen LogP contribution in [-0.4, -0.2) is 11.5 Å². The maximum Gasteiger partial charge on any atom is 0.143 e. The highest BCUT2D eigenvalue weighted by Gasteiger charge is 2.03. The van der Waals surface area contributed by atoms with Crippen LogP contribution in [0.15, 0.2) is 64.0 Å². The van der Waals surface area contributed by atoms with E-state index in [1.165, 1.54) is 5.56 Å². The summed E-state index contributed by atoms with van der Waals surface area (Å²) in [5, 5.41) is 0. The van der Waals surface area contributed by atoms with Crippen molar-refractivity contribution in [2.45, 2.75) is 24.2 Å². The Morgan fingerprint density at radius 3 is 2.40 bits per heavy atom. The number of carbonyl (C=O) groups excluding carboxylic acids is 1. The van der Waals surface area contributed by atoms with Gasteiger partial charge in [-0.1, -0.05) is 46.3 Å². The smallest absolute Gasteiger partial charge is 0.143 e. The van der Waals surface area contributed by atoms with Gasteiger partial charge in [-0.2, -0.15) is 0 Å². The van der Waals surface area contributed by atoms with E-state index in [1.807, 2.05) is 42.5 Å². The first-order valence-corrected chi connectivity index (χ1v) is 8.46. The molecule has 0 heterocycles. The van der Waals surface area contributed by atoms with Crippen LogP contribution in [0.2, 0.25) is 0 Å². The summed E-state index contributed by atoms with van der Waals surface area (Å²) in [7, 11) is 0. The van der Waals surface area contributed by atoms with E-state index in [1.54, 1.807) is 11.8 Å². The van der Waals surface area contributed by atoms with Gasteiger partial charge < -0.3 is 0 Å². The molecule has 0 aliphatic rings. The third-order valence-corrected chi connectivity index (χ3v) is 4.58. The fourth-order valence-electron chi connectivity index (χ4n) is 1.90. The second-order valence-electron chi connectivity index (χ2n) is 4.62. The number of halogens is 1. The summed E-state index contributed by atoms with van der Waals surface area (Å²) in [5.74, 6) is 0.894. The van der Waals surface area contributed by atoms with Gasteiger partial charge in [0, 0.05) is 15.8 Å². The third kappa shape index (κ3) is 5.51. The largest absolute Gasteiger partial charge is 0.299 e. The topological polar surface area (TPSA) is 17.1 Å². The molecular weight excluding hydrogens is 332 g/mol. The monoisotopic (exact) mass is 348 g/mol. The fourth-order valence-corrected chi connectivity index (χ4v) is 2.97. The fraction of sp³-hybridized carbons (Fsp3) is 0.235. The maximum absolute atomic E-state index is 11.8. The Morgan fingerprint density at radius 2 is 1.70 bits per heavy atom. The molecule has 0 amide bonds. The number of Topliss-reactive ketones (excluding diaryl/α,β-unsaturated/α-hetero) is 1. The first kappa shape index (κ1) is 15.3. The highest BCUT2D eigenvalue weighted by atomic mass is 79.9. The first-order chi connectivity index (χ1) is 9.74. The molecule has 0 saturated carbocycles. The van der Waals surface area contributed by atoms with Gasteiger partial charge >= 0.3 is 0 Å². The summed E-state index contributed by atoms with van der Waals surface area (Å²) < 4.78 is 1.07. The van der Waals surface area contributed by atoms with Gasteiger partial charge in [-0.05, 0) is 42.7 Å². The van der Waals surface area contributed by atoms with E-state index < -0.39 is 0 Å². The Bertz CT molecular complexity index is 537. The average Bonchev–Trinajstić information content (AvgIpc) is 2.48. The highest BCUT2D eigenvalue weighted by molar-refractivity contribution is 9.10. The van der Waals surface area contributed by atoms with Crippen LogP contribution in [0.1, 0.15) is 18.4 Å². The Labute approximate surface area is 132 Å². The van der Waals surface area contributed by atoms with E-state index in [-0.39, 0.29) is 0 Å². The molecule has 3 heteroatoms. The van der Waals surface area contributed by atoms with Crippen LogP contribution in [-0.2, 0) is 11.2 Å². The van der Waals surface area contributed by atoms with Gasteiger partial charge in [0.2, 0.25) is 0 Å². The molecule has 0 aromatic heterocycles. The zero-order chi connectivity index (χ0) is 14.2. The number of ketones is 1. The summed E-state index contributed by atoms with van der Waals surface area (Å²) >= 11 is 5.02. The molecule has 0 aliphatic carbocycles. The van der Waals surface area contributed by atoms with Crippen LogP contribution in [0.5, 0.6) is 0 Å². The van der Waals surface area contributed by atoms with Crippen molar-refractivity contribution in [1.29, 1.82) is 0 Å². The second kappa shape index (κ2) is 8.28. The number of carbonyl (C=O) groups is 1. The van der Waals surface area contributed by atoms with Crippen molar-refractivity contribution in [1.82, 2.24) is 0 Å². The molecule has 20 heavy (non-hydrogen) atoms. The minimum Gasteiger partial charge on any atom is -0.299 e. The summed E-state index contributed by atoms with van der Waals surface area (Å²) in [6, 6.07) is 18.4. The van der Waals surface area contributed by atoms with Crippen LogP contribution in [0, 0.1) is 0 Å². The Hall–Kier alpha value is -1.06. The molecule has 0 aliphatic heterocycles. The van der Waals surface area contributed by atoms with E-state index in [2.05, 4.69) is 28.1 Å². The van der Waals surface area contributed by atoms with Crippen molar-refractivity contribution >= 4 is 33.5 Å². The van der Waals surface area contributed by atoms with Gasteiger partial charge in [-0.3, -0.25) is 4.79 Å². The van der Waals surface area contributed by atoms with Gasteiger partial charge in [0.15, 0.2) is 0 Å². The summed E-state index contributed by atoms with van der Waals surface area (Å²) in [6.07, 6.45) is 2.58. The van der Waals surface area contributed by atoms with Gasteiger partial charge in [-0.25, -0.2) is 0 Å². The second-order valence-corrected chi connectivity index (χ2v) is 6.58. The average molecular weight is 349 g/mol. The van der Waals surface area contributed by atoms with E-state index in [0.717, 1.165) is 22.2 Å². The van der Waals surface area contributed by atoms with Crippen molar-refractivity contribution in [2.75, 3.05) is 5.75 Å². The van der Waals surface area contributed by atoms with Crippen molar-refractivity contribution in [3.8, 4) is 0 Å². The molecule has 0 saturated heterocycles. The first-order valence-electron chi connectivity index (χ1n) is 6.68. The number of rotatable bonds is 7. The molecule has 0 radical (unpaired) electrons. The predicted molar refractivity (Wildman–Crippen MR) is 89.3 cm³/mol. The van der Waals surface area contributed by atoms with Crippen molar-refractivity contribution in [2.24, 2.45) is 0 Å². The van der Waals surface area contributed by atoms with Crippen LogP contribution in [0.3, 0.4) is 0 Å². The zero-order valence-electron chi connectivity index (χ0n) is 11.2. The lowest BCUT2D eigenvalue weighted by molar-refractivity contribution is -0.116. The van der Waals surface area contributed by atoms with E-state index in [9.17, 15) is 4.79 Å². The SMILES string of the molecule is O=C(CCCc1ccccc1)CSc1ccc(Br)cc1. The molecule has 0 unspecified atom stereocenters. The molecule has 2 aromatic carbocycles. The Morgan fingerprint density at radius 1 is 1.00 bits per heavy atom. The van der Waals surface area contributed by atoms with Gasteiger partial charge in [-0.15, -0.1) is 11.8 Å². The number of aryl methyl sites for hydroxylation is 1. The van der Waals surface area contributed by atoms with Gasteiger partial charge in [0.1, 0.15) is 5.78 Å². The van der Waals surface area contributed by atoms with Crippen LogP contribution in [0.25, 0.3) is 0 Å². The standard InChI is InChI=1S/C17H17BrOS/c18-15-9-11-17(12-10-15)20-13-16(19)8-4-7-14-5-2-1-3-6-14/h1-3,5-6,9-12H,4,7-8,13H2. The maximum atomic E-state index is 11.8. The zero-order valence-corrected chi connectivity index (χ0v) is 13.6. The van der Waals surface area contributed by atoms with Gasteiger partial charge in [0.25, 0.3) is 0 Å². The van der Waals surface area contributed by atoms with E-state index in [0.29, 0.717) is 18.0 Å². The molecule has 0 N–H and O–H groups in total. The summed E-state index contributed by atoms with van der Waals surface area (Å²) in [4.78, 5) is 13.0. The van der Waals surface area contributed by atoms with Crippen molar-refractivity contribution in [3.05, 3.63) is 64.6 Å². The summed E-state index contributed by atoms with van der Waals surface area (Å²) in [6.45, 7) is 0. The number of hydrogen-bond acceptors (Lipinski definition) is 2. The van der Waals surface area contributed by atoms with Crippen molar-refractivity contribution in [3.63, 3.8) is 0 Å². The van der Waals surface area contributed by atoms with Gasteiger partial charge in [0.05, 0.1) is 5.75 Å². The molecule has 0 atom stereocenters. The molecule has 0 bridgehead atoms. The summed E-state index contributed by atoms with van der Waals surface area (Å²) in [5.41, 5.74) is 1.31.